The van der Waals surface area contributed by atoms with E-state index in [-0.39, 0.29) is 16.9 Å². The van der Waals surface area contributed by atoms with Crippen LogP contribution in [0.4, 0.5) is 10.1 Å². The quantitative estimate of drug-likeness (QED) is 0.853. The number of anilines is 1. The molecule has 0 saturated carbocycles. The maximum absolute atomic E-state index is 13.7. The Morgan fingerprint density at radius 3 is 2.68 bits per heavy atom. The average Bonchev–Trinajstić information content (AvgIpc) is 2.86. The zero-order valence-electron chi connectivity index (χ0n) is 11.6. The molecular weight excluding hydrogens is 243 g/mol. The van der Waals surface area contributed by atoms with Crippen LogP contribution >= 0.6 is 0 Å². The first-order valence-electron chi connectivity index (χ1n) is 6.85. The molecule has 1 heterocycles. The summed E-state index contributed by atoms with van der Waals surface area (Å²) in [6, 6.07) is 4.15. The van der Waals surface area contributed by atoms with Gasteiger partial charge in [-0.05, 0) is 42.9 Å². The molecule has 19 heavy (non-hydrogen) atoms. The third-order valence-electron chi connectivity index (χ3n) is 4.45. The number of hydrogen-bond acceptors (Lipinski definition) is 2. The number of likely N-dealkylation sites (tertiary alicyclic amines) is 1. The number of nitrogen functional groups attached to an aromatic ring is 1. The summed E-state index contributed by atoms with van der Waals surface area (Å²) in [4.78, 5) is 14.1. The van der Waals surface area contributed by atoms with E-state index in [2.05, 4.69) is 13.8 Å². The van der Waals surface area contributed by atoms with Crippen LogP contribution in [-0.4, -0.2) is 23.9 Å². The number of halogens is 1. The van der Waals surface area contributed by atoms with Crippen molar-refractivity contribution >= 4 is 11.6 Å². The number of nitrogens with zero attached hydrogens (tertiary/aromatic N) is 1. The van der Waals surface area contributed by atoms with Gasteiger partial charge in [0, 0.05) is 18.8 Å². The van der Waals surface area contributed by atoms with Crippen LogP contribution in [0.1, 0.15) is 43.5 Å². The van der Waals surface area contributed by atoms with E-state index in [1.54, 1.807) is 4.90 Å². The van der Waals surface area contributed by atoms with E-state index < -0.39 is 5.82 Å². The Balaban J connectivity index is 2.20. The molecule has 0 unspecified atom stereocenters. The van der Waals surface area contributed by atoms with Gasteiger partial charge in [0.2, 0.25) is 0 Å². The predicted octanol–water partition coefficient (Wildman–Crippen LogP) is 3.06. The highest BCUT2D eigenvalue weighted by molar-refractivity contribution is 5.95. The van der Waals surface area contributed by atoms with Crippen LogP contribution in [0.2, 0.25) is 0 Å². The molecule has 3 nitrogen and oxygen atoms in total. The molecule has 0 aromatic heterocycles. The molecule has 1 saturated heterocycles. The second-order valence-electron chi connectivity index (χ2n) is 5.42. The predicted molar refractivity (Wildman–Crippen MR) is 74.3 cm³/mol. The highest BCUT2D eigenvalue weighted by Gasteiger charge is 2.37. The Kier molecular flexibility index (Phi) is 3.78. The zero-order chi connectivity index (χ0) is 14.0. The van der Waals surface area contributed by atoms with Gasteiger partial charge in [-0.15, -0.1) is 0 Å². The van der Waals surface area contributed by atoms with Crippen molar-refractivity contribution in [1.82, 2.24) is 4.90 Å². The molecule has 1 aliphatic rings. The highest BCUT2D eigenvalue weighted by atomic mass is 19.1. The number of amides is 1. The van der Waals surface area contributed by atoms with Gasteiger partial charge < -0.3 is 10.6 Å². The number of rotatable bonds is 3. The van der Waals surface area contributed by atoms with E-state index in [4.69, 9.17) is 5.73 Å². The minimum absolute atomic E-state index is 0.0861. The number of carbonyl (C=O) groups excluding carboxylic acids is 1. The van der Waals surface area contributed by atoms with Gasteiger partial charge in [-0.1, -0.05) is 13.8 Å². The van der Waals surface area contributed by atoms with Gasteiger partial charge in [-0.3, -0.25) is 4.79 Å². The van der Waals surface area contributed by atoms with Crippen LogP contribution in [0.3, 0.4) is 0 Å². The number of hydrogen-bond donors (Lipinski definition) is 1. The third-order valence-corrected chi connectivity index (χ3v) is 4.45. The maximum atomic E-state index is 13.7. The largest absolute Gasteiger partial charge is 0.399 e. The number of benzene rings is 1. The summed E-state index contributed by atoms with van der Waals surface area (Å²) in [5, 5.41) is 0. The lowest BCUT2D eigenvalue weighted by Gasteiger charge is -2.26. The summed E-state index contributed by atoms with van der Waals surface area (Å²) in [7, 11) is 0. The Bertz CT molecular complexity index is 483. The molecule has 4 heteroatoms. The van der Waals surface area contributed by atoms with Crippen molar-refractivity contribution in [1.29, 1.82) is 0 Å². The highest BCUT2D eigenvalue weighted by Crippen LogP contribution is 2.37. The van der Waals surface area contributed by atoms with E-state index in [1.165, 1.54) is 18.2 Å². The van der Waals surface area contributed by atoms with Crippen molar-refractivity contribution < 1.29 is 9.18 Å². The van der Waals surface area contributed by atoms with Gasteiger partial charge in [0.25, 0.3) is 5.91 Å². The van der Waals surface area contributed by atoms with Gasteiger partial charge in [-0.2, -0.15) is 0 Å². The van der Waals surface area contributed by atoms with Crippen LogP contribution < -0.4 is 5.73 Å². The van der Waals surface area contributed by atoms with Crippen molar-refractivity contribution in [3.05, 3.63) is 29.6 Å². The lowest BCUT2D eigenvalue weighted by atomic mass is 9.82. The molecule has 2 rings (SSSR count). The molecule has 1 fully saturated rings. The van der Waals surface area contributed by atoms with E-state index in [0.717, 1.165) is 19.3 Å². The van der Waals surface area contributed by atoms with Crippen molar-refractivity contribution in [3.8, 4) is 0 Å². The van der Waals surface area contributed by atoms with Gasteiger partial charge >= 0.3 is 0 Å². The van der Waals surface area contributed by atoms with Crippen LogP contribution in [-0.2, 0) is 0 Å². The molecular formula is C15H21FN2O. The summed E-state index contributed by atoms with van der Waals surface area (Å²) in [6.45, 7) is 5.72. The van der Waals surface area contributed by atoms with Crippen LogP contribution in [0.5, 0.6) is 0 Å². The Labute approximate surface area is 113 Å². The van der Waals surface area contributed by atoms with Crippen molar-refractivity contribution in [3.63, 3.8) is 0 Å². The minimum atomic E-state index is -0.496. The topological polar surface area (TPSA) is 46.3 Å². The maximum Gasteiger partial charge on any atom is 0.256 e. The van der Waals surface area contributed by atoms with E-state index in [9.17, 15) is 9.18 Å². The fraction of sp³-hybridized carbons (Fsp3) is 0.533. The van der Waals surface area contributed by atoms with Gasteiger partial charge in [0.15, 0.2) is 0 Å². The molecule has 1 aliphatic heterocycles. The van der Waals surface area contributed by atoms with Gasteiger partial charge in [-0.25, -0.2) is 4.39 Å². The van der Waals surface area contributed by atoms with E-state index >= 15 is 0 Å². The zero-order valence-corrected chi connectivity index (χ0v) is 11.6. The fourth-order valence-corrected chi connectivity index (χ4v) is 2.81. The Morgan fingerprint density at radius 1 is 1.42 bits per heavy atom. The van der Waals surface area contributed by atoms with Crippen LogP contribution in [0.15, 0.2) is 18.2 Å². The summed E-state index contributed by atoms with van der Waals surface area (Å²) in [6.07, 6.45) is 3.09. The first-order chi connectivity index (χ1) is 9.01. The summed E-state index contributed by atoms with van der Waals surface area (Å²) in [5.41, 5.74) is 6.34. The molecule has 104 valence electrons. The standard InChI is InChI=1S/C15H21FN2O/c1-3-15(4-2)7-8-18(10-15)14(19)12-9-11(17)5-6-13(12)16/h5-6,9H,3-4,7-8,10,17H2,1-2H3. The van der Waals surface area contributed by atoms with Crippen LogP contribution in [0, 0.1) is 11.2 Å². The smallest absolute Gasteiger partial charge is 0.256 e. The fourth-order valence-electron chi connectivity index (χ4n) is 2.81. The molecule has 1 amide bonds. The first-order valence-corrected chi connectivity index (χ1v) is 6.85. The van der Waals surface area contributed by atoms with Crippen molar-refractivity contribution in [2.75, 3.05) is 18.8 Å². The van der Waals surface area contributed by atoms with Crippen molar-refractivity contribution in [2.45, 2.75) is 33.1 Å². The van der Waals surface area contributed by atoms with Crippen molar-refractivity contribution in [2.24, 2.45) is 5.41 Å². The molecule has 1 aromatic carbocycles. The summed E-state index contributed by atoms with van der Waals surface area (Å²) >= 11 is 0. The SMILES string of the molecule is CCC1(CC)CCN(C(=O)c2cc(N)ccc2F)C1. The van der Waals surface area contributed by atoms with Crippen LogP contribution in [0.25, 0.3) is 0 Å². The van der Waals surface area contributed by atoms with E-state index in [0.29, 0.717) is 18.8 Å². The normalized spacial score (nSPS) is 17.7. The summed E-state index contributed by atoms with van der Waals surface area (Å²) < 4.78 is 13.7. The molecule has 0 spiro atoms. The third kappa shape index (κ3) is 2.57. The average molecular weight is 264 g/mol. The Morgan fingerprint density at radius 2 is 2.11 bits per heavy atom. The molecule has 1 aromatic rings. The lowest BCUT2D eigenvalue weighted by molar-refractivity contribution is 0.0765. The molecule has 0 atom stereocenters. The second kappa shape index (κ2) is 5.19. The Hall–Kier alpha value is -1.58. The lowest BCUT2D eigenvalue weighted by Crippen LogP contribution is -2.32. The molecule has 2 N–H and O–H groups in total. The van der Waals surface area contributed by atoms with Gasteiger partial charge in [0.05, 0.1) is 5.56 Å². The summed E-state index contributed by atoms with van der Waals surface area (Å²) in [5.74, 6) is -0.738. The van der Waals surface area contributed by atoms with Gasteiger partial charge in [0.1, 0.15) is 5.82 Å². The molecule has 0 aliphatic carbocycles. The number of carbonyl (C=O) groups is 1. The first kappa shape index (κ1) is 13.8. The van der Waals surface area contributed by atoms with E-state index in [1.807, 2.05) is 0 Å². The molecule has 0 bridgehead atoms. The molecule has 0 radical (unpaired) electrons. The number of nitrogens with two attached hydrogens (primary N) is 1. The monoisotopic (exact) mass is 264 g/mol. The minimum Gasteiger partial charge on any atom is -0.399 e. The second-order valence-corrected chi connectivity index (χ2v) is 5.42.